The van der Waals surface area contributed by atoms with Crippen molar-refractivity contribution in [1.82, 2.24) is 10.6 Å². The molecule has 10 heteroatoms. The number of piperidine rings is 1. The van der Waals surface area contributed by atoms with Gasteiger partial charge in [0.2, 0.25) is 11.8 Å². The molecule has 0 spiro atoms. The number of hydrogen-bond donors (Lipinski definition) is 2. The fourth-order valence-electron chi connectivity index (χ4n) is 6.02. The monoisotopic (exact) mass is 600 g/mol. The molecule has 10 nitrogen and oxygen atoms in total. The molecule has 3 amide bonds. The molecule has 2 aliphatic heterocycles. The summed E-state index contributed by atoms with van der Waals surface area (Å²) < 4.78 is 17.4. The molecule has 1 saturated heterocycles. The van der Waals surface area contributed by atoms with Crippen molar-refractivity contribution in [2.75, 3.05) is 55.9 Å². The largest absolute Gasteiger partial charge is 0.476 e. The second-order valence-corrected chi connectivity index (χ2v) is 13.1. The van der Waals surface area contributed by atoms with Crippen LogP contribution in [-0.2, 0) is 23.9 Å². The van der Waals surface area contributed by atoms with Crippen LogP contribution in [0.15, 0.2) is 18.2 Å². The normalized spacial score (nSPS) is 22.1. The van der Waals surface area contributed by atoms with Gasteiger partial charge in [-0.15, -0.1) is 0 Å². The summed E-state index contributed by atoms with van der Waals surface area (Å²) >= 11 is 0. The first-order valence-electron chi connectivity index (χ1n) is 16.2. The molecule has 3 atom stereocenters. The van der Waals surface area contributed by atoms with E-state index in [0.29, 0.717) is 69.8 Å². The summed E-state index contributed by atoms with van der Waals surface area (Å²) in [7, 11) is 0. The van der Waals surface area contributed by atoms with Gasteiger partial charge in [0.25, 0.3) is 5.91 Å². The van der Waals surface area contributed by atoms with Gasteiger partial charge in [-0.2, -0.15) is 0 Å². The van der Waals surface area contributed by atoms with Gasteiger partial charge in [-0.1, -0.05) is 20.8 Å². The predicted octanol–water partition coefficient (Wildman–Crippen LogP) is 3.91. The molecule has 240 valence electrons. The second kappa shape index (κ2) is 14.9. The van der Waals surface area contributed by atoms with Crippen molar-refractivity contribution in [3.05, 3.63) is 18.2 Å². The molecule has 43 heavy (non-hydrogen) atoms. The van der Waals surface area contributed by atoms with Gasteiger partial charge >= 0.3 is 0 Å². The van der Waals surface area contributed by atoms with Crippen LogP contribution in [-0.4, -0.2) is 81.5 Å². The van der Waals surface area contributed by atoms with E-state index in [1.54, 1.807) is 18.7 Å². The Kier molecular flexibility index (Phi) is 11.5. The summed E-state index contributed by atoms with van der Waals surface area (Å²) in [4.78, 5) is 44.4. The lowest BCUT2D eigenvalue weighted by molar-refractivity contribution is -0.133. The van der Waals surface area contributed by atoms with E-state index in [1.807, 2.05) is 30.0 Å². The standard InChI is InChI=1S/C33H52N4O6/c1-7-14-42-15-13-36-28-18-27(11-12-29(28)43-33(5,6)32(36)40)37(26-9-10-26)31(39)24-17-23(19-34-20-24)30(38)35-25(16-22(3)4)21-41-8-2/h11-12,18,22-26,34H,7-10,13-17,19-21H2,1-6H3,(H,35,38)/t23-,24+,25+/m0/s1. The zero-order valence-electron chi connectivity index (χ0n) is 26.9. The summed E-state index contributed by atoms with van der Waals surface area (Å²) in [5.41, 5.74) is 0.415. The number of hydrogen-bond acceptors (Lipinski definition) is 7. The third-order valence-electron chi connectivity index (χ3n) is 8.29. The van der Waals surface area contributed by atoms with Gasteiger partial charge < -0.3 is 34.6 Å². The molecule has 1 aliphatic carbocycles. The maximum absolute atomic E-state index is 14.1. The van der Waals surface area contributed by atoms with Crippen molar-refractivity contribution >= 4 is 29.1 Å². The summed E-state index contributed by atoms with van der Waals surface area (Å²) in [6.07, 6.45) is 4.10. The number of fused-ring (bicyclic) bond motifs is 1. The number of amides is 3. The maximum Gasteiger partial charge on any atom is 0.270 e. The zero-order valence-corrected chi connectivity index (χ0v) is 26.9. The van der Waals surface area contributed by atoms with E-state index in [9.17, 15) is 14.4 Å². The molecular formula is C33H52N4O6. The molecule has 2 N–H and O–H groups in total. The summed E-state index contributed by atoms with van der Waals surface area (Å²) in [5.74, 6) is 0.281. The van der Waals surface area contributed by atoms with Gasteiger partial charge in [-0.05, 0) is 77.0 Å². The molecule has 1 aromatic carbocycles. The van der Waals surface area contributed by atoms with Gasteiger partial charge in [-0.25, -0.2) is 0 Å². The van der Waals surface area contributed by atoms with Crippen LogP contribution in [0.25, 0.3) is 0 Å². The van der Waals surface area contributed by atoms with Crippen molar-refractivity contribution in [1.29, 1.82) is 0 Å². The van der Waals surface area contributed by atoms with Crippen molar-refractivity contribution in [2.24, 2.45) is 17.8 Å². The van der Waals surface area contributed by atoms with E-state index in [2.05, 4.69) is 31.4 Å². The first kappa shape index (κ1) is 33.2. The van der Waals surface area contributed by atoms with E-state index >= 15 is 0 Å². The first-order valence-corrected chi connectivity index (χ1v) is 16.2. The van der Waals surface area contributed by atoms with Crippen LogP contribution in [0.1, 0.15) is 73.6 Å². The maximum atomic E-state index is 14.1. The van der Waals surface area contributed by atoms with E-state index in [1.165, 1.54) is 0 Å². The van der Waals surface area contributed by atoms with E-state index in [-0.39, 0.29) is 41.6 Å². The molecule has 0 radical (unpaired) electrons. The highest BCUT2D eigenvalue weighted by Gasteiger charge is 2.43. The molecule has 2 fully saturated rings. The Morgan fingerprint density at radius 2 is 1.88 bits per heavy atom. The number of rotatable bonds is 15. The second-order valence-electron chi connectivity index (χ2n) is 13.1. The van der Waals surface area contributed by atoms with Crippen molar-refractivity contribution in [2.45, 2.75) is 91.3 Å². The summed E-state index contributed by atoms with van der Waals surface area (Å²) in [6, 6.07) is 5.75. The molecule has 0 aromatic heterocycles. The predicted molar refractivity (Wildman–Crippen MR) is 167 cm³/mol. The van der Waals surface area contributed by atoms with Gasteiger partial charge in [0.05, 0.1) is 36.8 Å². The lowest BCUT2D eigenvalue weighted by atomic mass is 9.88. The topological polar surface area (TPSA) is 109 Å². The van der Waals surface area contributed by atoms with Crippen LogP contribution in [0.4, 0.5) is 11.4 Å². The minimum Gasteiger partial charge on any atom is -0.476 e. The van der Waals surface area contributed by atoms with Crippen LogP contribution in [0, 0.1) is 17.8 Å². The highest BCUT2D eigenvalue weighted by Crippen LogP contribution is 2.43. The van der Waals surface area contributed by atoms with Crippen LogP contribution >= 0.6 is 0 Å². The summed E-state index contributed by atoms with van der Waals surface area (Å²) in [5, 5.41) is 6.54. The molecule has 3 aliphatic rings. The highest BCUT2D eigenvalue weighted by atomic mass is 16.5. The lowest BCUT2D eigenvalue weighted by Crippen LogP contribution is -2.53. The number of carbonyl (C=O) groups excluding carboxylic acids is 3. The van der Waals surface area contributed by atoms with Gasteiger partial charge in [0, 0.05) is 44.6 Å². The SMILES string of the molecule is CCCOCCN1C(=O)C(C)(C)Oc2ccc(N(C(=O)[C@H]3CNC[C@@H](C(=O)N[C@@H](COCC)CC(C)C)C3)C3CC3)cc21. The average molecular weight is 601 g/mol. The number of benzene rings is 1. The van der Waals surface area contributed by atoms with Gasteiger partial charge in [-0.3, -0.25) is 14.4 Å². The minimum absolute atomic E-state index is 0.0155. The summed E-state index contributed by atoms with van der Waals surface area (Å²) in [6.45, 7) is 15.5. The smallest absolute Gasteiger partial charge is 0.270 e. The van der Waals surface area contributed by atoms with Crippen LogP contribution in [0.2, 0.25) is 0 Å². The van der Waals surface area contributed by atoms with Crippen molar-refractivity contribution < 1.29 is 28.6 Å². The van der Waals surface area contributed by atoms with Crippen LogP contribution < -0.4 is 25.2 Å². The Balaban J connectivity index is 1.50. The Morgan fingerprint density at radius 1 is 1.14 bits per heavy atom. The molecular weight excluding hydrogens is 548 g/mol. The number of carbonyl (C=O) groups is 3. The van der Waals surface area contributed by atoms with Gasteiger partial charge in [0.1, 0.15) is 5.75 Å². The first-order chi connectivity index (χ1) is 20.6. The average Bonchev–Trinajstić information content (AvgIpc) is 3.81. The van der Waals surface area contributed by atoms with Crippen LogP contribution in [0.3, 0.4) is 0 Å². The molecule has 2 heterocycles. The van der Waals surface area contributed by atoms with Crippen molar-refractivity contribution in [3.63, 3.8) is 0 Å². The minimum atomic E-state index is -0.995. The highest BCUT2D eigenvalue weighted by molar-refractivity contribution is 6.04. The number of ether oxygens (including phenoxy) is 3. The molecule has 0 bridgehead atoms. The number of nitrogens with zero attached hydrogens (tertiary/aromatic N) is 2. The molecule has 4 rings (SSSR count). The molecule has 1 saturated carbocycles. The molecule has 0 unspecified atom stereocenters. The third-order valence-corrected chi connectivity index (χ3v) is 8.29. The fraction of sp³-hybridized carbons (Fsp3) is 0.727. The Bertz CT molecular complexity index is 1120. The van der Waals surface area contributed by atoms with Gasteiger partial charge in [0.15, 0.2) is 5.60 Å². The van der Waals surface area contributed by atoms with E-state index in [4.69, 9.17) is 14.2 Å². The van der Waals surface area contributed by atoms with E-state index < -0.39 is 5.60 Å². The zero-order chi connectivity index (χ0) is 31.1. The number of anilines is 2. The third kappa shape index (κ3) is 8.48. The Labute approximate surface area is 257 Å². The van der Waals surface area contributed by atoms with E-state index in [0.717, 1.165) is 31.4 Å². The lowest BCUT2D eigenvalue weighted by Gasteiger charge is -2.39. The number of nitrogens with one attached hydrogen (secondary N) is 2. The Hall–Kier alpha value is -2.69. The quantitative estimate of drug-likeness (QED) is 0.294. The molecule has 1 aromatic rings. The van der Waals surface area contributed by atoms with Crippen LogP contribution in [0.5, 0.6) is 5.75 Å². The Morgan fingerprint density at radius 3 is 2.56 bits per heavy atom. The fourth-order valence-corrected chi connectivity index (χ4v) is 6.02. The van der Waals surface area contributed by atoms with Crippen molar-refractivity contribution in [3.8, 4) is 5.75 Å².